The summed E-state index contributed by atoms with van der Waals surface area (Å²) in [6.07, 6.45) is 0. The maximum atomic E-state index is 12.7. The number of hydrogen-bond donors (Lipinski definition) is 1. The van der Waals surface area contributed by atoms with Crippen LogP contribution in [0.15, 0.2) is 28.1 Å². The van der Waals surface area contributed by atoms with Gasteiger partial charge in [-0.25, -0.2) is 9.37 Å². The van der Waals surface area contributed by atoms with Crippen molar-refractivity contribution in [2.75, 3.05) is 0 Å². The van der Waals surface area contributed by atoms with Crippen LogP contribution in [0.4, 0.5) is 4.39 Å². The number of benzene rings is 1. The van der Waals surface area contributed by atoms with E-state index in [4.69, 9.17) is 5.11 Å². The molecule has 2 rings (SSSR count). The number of thiazole rings is 1. The average Bonchev–Trinajstić information content (AvgIpc) is 2.61. The lowest BCUT2D eigenvalue weighted by molar-refractivity contribution is 0.277. The normalized spacial score (nSPS) is 10.6. The second-order valence-corrected chi connectivity index (χ2v) is 5.22. The summed E-state index contributed by atoms with van der Waals surface area (Å²) in [6, 6.07) is 6.12. The Hall–Kier alpha value is -0.780. The molecular weight excluding hydrogens is 281 g/mol. The molecule has 15 heavy (non-hydrogen) atoms. The predicted molar refractivity (Wildman–Crippen MR) is 61.1 cm³/mol. The van der Waals surface area contributed by atoms with E-state index >= 15 is 0 Å². The number of rotatable bonds is 2. The highest BCUT2D eigenvalue weighted by Crippen LogP contribution is 2.31. The van der Waals surface area contributed by atoms with E-state index in [0.29, 0.717) is 5.69 Å². The summed E-state index contributed by atoms with van der Waals surface area (Å²) in [4.78, 5) is 4.23. The lowest BCUT2D eigenvalue weighted by Crippen LogP contribution is -1.84. The van der Waals surface area contributed by atoms with Crippen LogP contribution in [-0.4, -0.2) is 10.1 Å². The van der Waals surface area contributed by atoms with E-state index in [1.54, 1.807) is 12.1 Å². The van der Waals surface area contributed by atoms with Crippen LogP contribution in [0.25, 0.3) is 10.6 Å². The van der Waals surface area contributed by atoms with Gasteiger partial charge in [-0.15, -0.1) is 11.3 Å². The van der Waals surface area contributed by atoms with Crippen LogP contribution in [0.1, 0.15) is 5.69 Å². The first kappa shape index (κ1) is 10.7. The Morgan fingerprint density at radius 1 is 1.33 bits per heavy atom. The summed E-state index contributed by atoms with van der Waals surface area (Å²) in [5.74, 6) is -0.267. The Morgan fingerprint density at radius 3 is 2.53 bits per heavy atom. The molecule has 0 amide bonds. The minimum atomic E-state index is -0.267. The molecule has 0 aliphatic heterocycles. The molecule has 1 N–H and O–H groups in total. The molecule has 0 unspecified atom stereocenters. The van der Waals surface area contributed by atoms with Gasteiger partial charge in [-0.2, -0.15) is 0 Å². The van der Waals surface area contributed by atoms with Crippen LogP contribution in [0.3, 0.4) is 0 Å². The lowest BCUT2D eigenvalue weighted by atomic mass is 10.2. The SMILES string of the molecule is OCc1nc(-c2ccc(F)cc2)sc1Br. The van der Waals surface area contributed by atoms with Crippen LogP contribution >= 0.6 is 27.3 Å². The smallest absolute Gasteiger partial charge is 0.124 e. The molecule has 5 heteroatoms. The van der Waals surface area contributed by atoms with Gasteiger partial charge in [-0.3, -0.25) is 0 Å². The van der Waals surface area contributed by atoms with Gasteiger partial charge in [0.25, 0.3) is 0 Å². The molecule has 0 saturated carbocycles. The number of halogens is 2. The van der Waals surface area contributed by atoms with Gasteiger partial charge >= 0.3 is 0 Å². The largest absolute Gasteiger partial charge is 0.390 e. The fourth-order valence-electron chi connectivity index (χ4n) is 1.15. The first-order valence-electron chi connectivity index (χ1n) is 4.22. The van der Waals surface area contributed by atoms with Gasteiger partial charge in [0.05, 0.1) is 16.1 Å². The maximum Gasteiger partial charge on any atom is 0.124 e. The van der Waals surface area contributed by atoms with E-state index < -0.39 is 0 Å². The molecule has 0 aliphatic carbocycles. The first-order chi connectivity index (χ1) is 7.20. The van der Waals surface area contributed by atoms with E-state index in [9.17, 15) is 4.39 Å². The molecule has 0 radical (unpaired) electrons. The molecule has 1 aromatic carbocycles. The highest BCUT2D eigenvalue weighted by atomic mass is 79.9. The molecule has 0 spiro atoms. The van der Waals surface area contributed by atoms with Crippen LogP contribution in [0, 0.1) is 5.82 Å². The summed E-state index contributed by atoms with van der Waals surface area (Å²) in [5.41, 5.74) is 1.46. The first-order valence-corrected chi connectivity index (χ1v) is 5.83. The van der Waals surface area contributed by atoms with Crippen molar-refractivity contribution < 1.29 is 9.50 Å². The van der Waals surface area contributed by atoms with Gasteiger partial charge in [0.1, 0.15) is 10.8 Å². The summed E-state index contributed by atoms with van der Waals surface area (Å²) >= 11 is 4.73. The van der Waals surface area contributed by atoms with Gasteiger partial charge in [-0.05, 0) is 40.2 Å². The van der Waals surface area contributed by atoms with Crippen LogP contribution in [-0.2, 0) is 6.61 Å². The second kappa shape index (κ2) is 4.38. The Morgan fingerprint density at radius 2 is 2.00 bits per heavy atom. The number of hydrogen-bond acceptors (Lipinski definition) is 3. The van der Waals surface area contributed by atoms with Gasteiger partial charge in [-0.1, -0.05) is 0 Å². The zero-order chi connectivity index (χ0) is 10.8. The third-order valence-corrected chi connectivity index (χ3v) is 3.77. The topological polar surface area (TPSA) is 33.1 Å². The molecule has 2 aromatic rings. The quantitative estimate of drug-likeness (QED) is 0.920. The van der Waals surface area contributed by atoms with Gasteiger partial charge in [0, 0.05) is 5.56 Å². The predicted octanol–water partition coefficient (Wildman–Crippen LogP) is 3.20. The summed E-state index contributed by atoms with van der Waals surface area (Å²) < 4.78 is 13.5. The van der Waals surface area contributed by atoms with Gasteiger partial charge < -0.3 is 5.11 Å². The molecule has 0 atom stereocenters. The molecule has 78 valence electrons. The third kappa shape index (κ3) is 2.25. The molecule has 1 aromatic heterocycles. The molecule has 0 fully saturated rings. The molecule has 1 heterocycles. The fourth-order valence-corrected chi connectivity index (χ4v) is 2.63. The molecular formula is C10H7BrFNOS. The van der Waals surface area contributed by atoms with Crippen LogP contribution < -0.4 is 0 Å². The lowest BCUT2D eigenvalue weighted by Gasteiger charge is -1.94. The van der Waals surface area contributed by atoms with E-state index in [-0.39, 0.29) is 12.4 Å². The van der Waals surface area contributed by atoms with Crippen molar-refractivity contribution in [3.8, 4) is 10.6 Å². The summed E-state index contributed by atoms with van der Waals surface area (Å²) in [6.45, 7) is -0.0989. The molecule has 0 saturated heterocycles. The Balaban J connectivity index is 2.41. The summed E-state index contributed by atoms with van der Waals surface area (Å²) in [7, 11) is 0. The van der Waals surface area contributed by atoms with Gasteiger partial charge in [0.2, 0.25) is 0 Å². The van der Waals surface area contributed by atoms with Crippen molar-refractivity contribution in [2.24, 2.45) is 0 Å². The fraction of sp³-hybridized carbons (Fsp3) is 0.100. The number of aliphatic hydroxyl groups is 1. The van der Waals surface area contributed by atoms with Crippen molar-refractivity contribution >= 4 is 27.3 Å². The van der Waals surface area contributed by atoms with Crippen molar-refractivity contribution in [1.82, 2.24) is 4.98 Å². The Bertz CT molecular complexity index is 469. The Labute approximate surface area is 98.5 Å². The maximum absolute atomic E-state index is 12.7. The third-order valence-electron chi connectivity index (χ3n) is 1.89. The monoisotopic (exact) mass is 287 g/mol. The highest BCUT2D eigenvalue weighted by Gasteiger charge is 2.09. The van der Waals surface area contributed by atoms with Crippen LogP contribution in [0.2, 0.25) is 0 Å². The van der Waals surface area contributed by atoms with Crippen molar-refractivity contribution in [3.05, 3.63) is 39.6 Å². The van der Waals surface area contributed by atoms with Gasteiger partial charge in [0.15, 0.2) is 0 Å². The number of nitrogens with zero attached hydrogens (tertiary/aromatic N) is 1. The van der Waals surface area contributed by atoms with E-state index in [2.05, 4.69) is 20.9 Å². The minimum Gasteiger partial charge on any atom is -0.390 e. The zero-order valence-corrected chi connectivity index (χ0v) is 9.98. The molecule has 0 bridgehead atoms. The van der Waals surface area contributed by atoms with E-state index in [1.807, 2.05) is 0 Å². The number of aromatic nitrogens is 1. The van der Waals surface area contributed by atoms with E-state index in [1.165, 1.54) is 23.5 Å². The van der Waals surface area contributed by atoms with Crippen LogP contribution in [0.5, 0.6) is 0 Å². The van der Waals surface area contributed by atoms with Crippen molar-refractivity contribution in [1.29, 1.82) is 0 Å². The van der Waals surface area contributed by atoms with Crippen molar-refractivity contribution in [2.45, 2.75) is 6.61 Å². The molecule has 0 aliphatic rings. The Kier molecular flexibility index (Phi) is 3.14. The highest BCUT2D eigenvalue weighted by molar-refractivity contribution is 9.11. The average molecular weight is 288 g/mol. The standard InChI is InChI=1S/C10H7BrFNOS/c11-9-8(5-14)13-10(15-9)6-1-3-7(12)4-2-6/h1-4,14H,5H2. The molecule has 2 nitrogen and oxygen atoms in total. The zero-order valence-electron chi connectivity index (χ0n) is 7.58. The summed E-state index contributed by atoms with van der Waals surface area (Å²) in [5, 5.41) is 9.75. The van der Waals surface area contributed by atoms with E-state index in [0.717, 1.165) is 14.4 Å². The second-order valence-electron chi connectivity index (χ2n) is 2.90. The minimum absolute atomic E-state index is 0.0989. The number of aliphatic hydroxyl groups excluding tert-OH is 1. The van der Waals surface area contributed by atoms with Crippen molar-refractivity contribution in [3.63, 3.8) is 0 Å².